The molecule has 0 aromatic heterocycles. The third-order valence-electron chi connectivity index (χ3n) is 7.74. The number of urea groups is 1. The molecule has 0 radical (unpaired) electrons. The minimum Gasteiger partial charge on any atom is -0.334 e. The lowest BCUT2D eigenvalue weighted by molar-refractivity contribution is 0.245. The number of fused-ring (bicyclic) bond motifs is 2. The maximum absolute atomic E-state index is 13.4. The molecule has 3 aromatic carbocycles. The fraction of sp³-hybridized carbons (Fsp3) is 0.345. The number of nitrogens with one attached hydrogen (secondary N) is 2. The van der Waals surface area contributed by atoms with Crippen molar-refractivity contribution in [3.05, 3.63) is 82.9 Å². The molecule has 1 aliphatic carbocycles. The van der Waals surface area contributed by atoms with Gasteiger partial charge in [0.05, 0.1) is 4.90 Å². The topological polar surface area (TPSA) is 87.5 Å². The number of carbonyl (C=O) groups excluding carboxylic acids is 1. The molecule has 3 aromatic rings. The third-order valence-corrected chi connectivity index (χ3v) is 8.81. The smallest absolute Gasteiger partial charge is 0.322 e. The quantitative estimate of drug-likeness (QED) is 0.448. The highest BCUT2D eigenvalue weighted by molar-refractivity contribution is 7.83. The molecule has 2 amide bonds. The van der Waals surface area contributed by atoms with Crippen LogP contribution in [0.2, 0.25) is 0 Å². The summed E-state index contributed by atoms with van der Waals surface area (Å²) in [5.74, 6) is 0. The van der Waals surface area contributed by atoms with Crippen molar-refractivity contribution in [1.82, 2.24) is 10.0 Å². The van der Waals surface area contributed by atoms with Gasteiger partial charge in [-0.2, -0.15) is 0 Å². The minimum atomic E-state index is -1.21. The average Bonchev–Trinajstić information content (AvgIpc) is 3.52. The molecule has 4 N–H and O–H groups in total. The van der Waals surface area contributed by atoms with Gasteiger partial charge in [-0.05, 0) is 90.5 Å². The van der Waals surface area contributed by atoms with Gasteiger partial charge in [-0.25, -0.2) is 13.7 Å². The molecule has 0 saturated heterocycles. The van der Waals surface area contributed by atoms with Gasteiger partial charge < -0.3 is 11.1 Å². The van der Waals surface area contributed by atoms with Crippen molar-refractivity contribution in [2.24, 2.45) is 5.73 Å². The zero-order valence-corrected chi connectivity index (χ0v) is 21.8. The molecule has 1 aliphatic heterocycles. The molecule has 1 fully saturated rings. The monoisotopic (exact) mass is 502 g/mol. The Hall–Kier alpha value is -3.00. The van der Waals surface area contributed by atoms with Crippen molar-refractivity contribution in [2.75, 3.05) is 18.5 Å². The van der Waals surface area contributed by atoms with Gasteiger partial charge in [0, 0.05) is 30.7 Å². The Kier molecular flexibility index (Phi) is 6.97. The van der Waals surface area contributed by atoms with Crippen LogP contribution in [0.1, 0.15) is 47.9 Å². The van der Waals surface area contributed by atoms with Crippen molar-refractivity contribution < 1.29 is 9.00 Å². The first kappa shape index (κ1) is 24.7. The van der Waals surface area contributed by atoms with Crippen LogP contribution in [0.3, 0.4) is 0 Å². The fourth-order valence-electron chi connectivity index (χ4n) is 5.73. The molecule has 1 heterocycles. The number of hydrogen-bond donors (Lipinski definition) is 3. The van der Waals surface area contributed by atoms with Gasteiger partial charge in [0.1, 0.15) is 11.0 Å². The molecule has 1 spiro atoms. The molecule has 1 atom stereocenters. The number of amides is 2. The number of hydrogen-bond acceptors (Lipinski definition) is 3. The first-order valence-electron chi connectivity index (χ1n) is 12.6. The van der Waals surface area contributed by atoms with E-state index >= 15 is 0 Å². The zero-order valence-electron chi connectivity index (χ0n) is 21.0. The van der Waals surface area contributed by atoms with Crippen LogP contribution in [0, 0.1) is 6.92 Å². The molecule has 5 rings (SSSR count). The lowest BCUT2D eigenvalue weighted by Crippen LogP contribution is -2.41. The van der Waals surface area contributed by atoms with E-state index in [0.29, 0.717) is 18.0 Å². The van der Waals surface area contributed by atoms with Gasteiger partial charge in [-0.15, -0.1) is 0 Å². The highest BCUT2D eigenvalue weighted by atomic mass is 32.2. The lowest BCUT2D eigenvalue weighted by atomic mass is 9.79. The fourth-order valence-corrected chi connectivity index (χ4v) is 6.35. The molecule has 1 unspecified atom stereocenters. The second-order valence-electron chi connectivity index (χ2n) is 9.93. The SMILES string of the molecule is CNS(=O)c1ccc(CNC(=O)N2CC3(CCCC3)c3cc(-c4cc(CN)ccc4C)ccc32)cc1. The number of rotatable bonds is 6. The number of nitrogens with zero attached hydrogens (tertiary/aromatic N) is 1. The Morgan fingerprint density at radius 1 is 1.03 bits per heavy atom. The largest absolute Gasteiger partial charge is 0.334 e. The van der Waals surface area contributed by atoms with Crippen molar-refractivity contribution in [3.63, 3.8) is 0 Å². The van der Waals surface area contributed by atoms with Crippen LogP contribution < -0.4 is 20.7 Å². The van der Waals surface area contributed by atoms with Crippen molar-refractivity contribution in [1.29, 1.82) is 0 Å². The van der Waals surface area contributed by atoms with Crippen LogP contribution in [0.5, 0.6) is 0 Å². The molecular formula is C29H34N4O2S. The molecule has 7 heteroatoms. The van der Waals surface area contributed by atoms with E-state index in [9.17, 15) is 9.00 Å². The lowest BCUT2D eigenvalue weighted by Gasteiger charge is -2.25. The second-order valence-corrected chi connectivity index (χ2v) is 11.4. The van der Waals surface area contributed by atoms with E-state index in [4.69, 9.17) is 5.73 Å². The third kappa shape index (κ3) is 4.59. The van der Waals surface area contributed by atoms with E-state index in [1.54, 1.807) is 7.05 Å². The van der Waals surface area contributed by atoms with Gasteiger partial charge in [0.25, 0.3) is 0 Å². The van der Waals surface area contributed by atoms with Crippen LogP contribution in [0.15, 0.2) is 65.6 Å². The van der Waals surface area contributed by atoms with E-state index < -0.39 is 11.0 Å². The first-order valence-corrected chi connectivity index (χ1v) is 13.8. The number of aryl methyl sites for hydroxylation is 1. The molecule has 1 saturated carbocycles. The van der Waals surface area contributed by atoms with Gasteiger partial charge in [0.15, 0.2) is 0 Å². The molecule has 6 nitrogen and oxygen atoms in total. The van der Waals surface area contributed by atoms with Gasteiger partial charge >= 0.3 is 6.03 Å². The van der Waals surface area contributed by atoms with Crippen LogP contribution in [0.25, 0.3) is 11.1 Å². The Balaban J connectivity index is 1.40. The summed E-state index contributed by atoms with van der Waals surface area (Å²) >= 11 is 0. The summed E-state index contributed by atoms with van der Waals surface area (Å²) in [5.41, 5.74) is 14.0. The van der Waals surface area contributed by atoms with Gasteiger partial charge in [0.2, 0.25) is 0 Å². The Bertz CT molecular complexity index is 1300. The molecule has 36 heavy (non-hydrogen) atoms. The maximum Gasteiger partial charge on any atom is 0.322 e. The molecule has 2 aliphatic rings. The highest BCUT2D eigenvalue weighted by Gasteiger charge is 2.46. The summed E-state index contributed by atoms with van der Waals surface area (Å²) in [6.45, 7) is 3.80. The van der Waals surface area contributed by atoms with Gasteiger partial charge in [-0.3, -0.25) is 4.90 Å². The van der Waals surface area contributed by atoms with Gasteiger partial charge in [-0.1, -0.05) is 43.2 Å². The normalized spacial score (nSPS) is 16.8. The van der Waals surface area contributed by atoms with Crippen LogP contribution in [-0.4, -0.2) is 23.8 Å². The minimum absolute atomic E-state index is 0.0287. The van der Waals surface area contributed by atoms with Crippen molar-refractivity contribution >= 4 is 22.7 Å². The Morgan fingerprint density at radius 2 is 1.75 bits per heavy atom. The highest BCUT2D eigenvalue weighted by Crippen LogP contribution is 2.51. The Morgan fingerprint density at radius 3 is 2.44 bits per heavy atom. The number of nitrogens with two attached hydrogens (primary N) is 1. The summed E-state index contributed by atoms with van der Waals surface area (Å²) in [6, 6.07) is 20.4. The average molecular weight is 503 g/mol. The summed E-state index contributed by atoms with van der Waals surface area (Å²) in [4.78, 5) is 16.0. The van der Waals surface area contributed by atoms with E-state index in [0.717, 1.165) is 36.2 Å². The summed E-state index contributed by atoms with van der Waals surface area (Å²) < 4.78 is 14.6. The molecule has 188 valence electrons. The van der Waals surface area contributed by atoms with Crippen LogP contribution in [0.4, 0.5) is 10.5 Å². The summed E-state index contributed by atoms with van der Waals surface area (Å²) in [7, 11) is 0.449. The van der Waals surface area contributed by atoms with E-state index in [-0.39, 0.29) is 11.4 Å². The molecule has 0 bridgehead atoms. The summed E-state index contributed by atoms with van der Waals surface area (Å²) in [6.07, 6.45) is 4.61. The predicted molar refractivity (Wildman–Crippen MR) is 146 cm³/mol. The maximum atomic E-state index is 13.4. The van der Waals surface area contributed by atoms with Crippen LogP contribution in [-0.2, 0) is 29.5 Å². The van der Waals surface area contributed by atoms with E-state index in [2.05, 4.69) is 53.4 Å². The van der Waals surface area contributed by atoms with E-state index in [1.807, 2.05) is 29.2 Å². The number of anilines is 1. The molecular weight excluding hydrogens is 468 g/mol. The van der Waals surface area contributed by atoms with Crippen molar-refractivity contribution in [2.45, 2.75) is 56.0 Å². The zero-order chi connectivity index (χ0) is 25.3. The predicted octanol–water partition coefficient (Wildman–Crippen LogP) is 4.90. The standard InChI is InChI=1S/C29H34N4O2S/c1-20-5-6-22(17-30)15-25(20)23-9-12-27-26(16-23)29(13-3-4-14-29)19-33(27)28(34)32-18-21-7-10-24(11-8-21)36(35)31-2/h5-12,15-16,31H,3-4,13-14,17-19,30H2,1-2H3,(H,32,34). The Labute approximate surface area is 215 Å². The first-order chi connectivity index (χ1) is 17.4. The number of carbonyl (C=O) groups is 1. The van der Waals surface area contributed by atoms with E-state index in [1.165, 1.54) is 35.1 Å². The number of benzene rings is 3. The summed E-state index contributed by atoms with van der Waals surface area (Å²) in [5, 5.41) is 3.10. The van der Waals surface area contributed by atoms with Crippen LogP contribution >= 0.6 is 0 Å². The van der Waals surface area contributed by atoms with Crippen molar-refractivity contribution in [3.8, 4) is 11.1 Å². The second kappa shape index (κ2) is 10.2.